The van der Waals surface area contributed by atoms with Crippen LogP contribution in [0.4, 0.5) is 5.69 Å². The molecule has 0 unspecified atom stereocenters. The van der Waals surface area contributed by atoms with E-state index in [4.69, 9.17) is 23.2 Å². The van der Waals surface area contributed by atoms with Crippen LogP contribution in [0.25, 0.3) is 0 Å². The van der Waals surface area contributed by atoms with Gasteiger partial charge in [-0.2, -0.15) is 0 Å². The molecule has 0 spiro atoms. The van der Waals surface area contributed by atoms with E-state index in [1.54, 1.807) is 11.8 Å². The largest absolute Gasteiger partial charge is 0.385 e. The van der Waals surface area contributed by atoms with Crippen molar-refractivity contribution >= 4 is 40.7 Å². The summed E-state index contributed by atoms with van der Waals surface area (Å²) in [6.07, 6.45) is 1.07. The normalized spacial score (nSPS) is 10.4. The van der Waals surface area contributed by atoms with Gasteiger partial charge in [0.05, 0.1) is 5.02 Å². The van der Waals surface area contributed by atoms with E-state index in [0.29, 0.717) is 0 Å². The van der Waals surface area contributed by atoms with E-state index in [9.17, 15) is 0 Å². The van der Waals surface area contributed by atoms with Gasteiger partial charge in [0.1, 0.15) is 0 Å². The molecule has 1 nitrogen and oxygen atoms in total. The molecule has 4 heteroatoms. The Balaban J connectivity index is 1.71. The molecule has 0 amide bonds. The van der Waals surface area contributed by atoms with Crippen molar-refractivity contribution in [2.24, 2.45) is 0 Å². The van der Waals surface area contributed by atoms with E-state index in [1.807, 2.05) is 36.4 Å². The van der Waals surface area contributed by atoms with Crippen molar-refractivity contribution in [3.8, 4) is 0 Å². The van der Waals surface area contributed by atoms with Gasteiger partial charge in [-0.3, -0.25) is 0 Å². The molecule has 1 N–H and O–H groups in total. The van der Waals surface area contributed by atoms with Crippen molar-refractivity contribution in [1.29, 1.82) is 0 Å². The summed E-state index contributed by atoms with van der Waals surface area (Å²) >= 11 is 13.8. The predicted octanol–water partition coefficient (Wildman–Crippen LogP) is 5.59. The minimum atomic E-state index is 0.731. The van der Waals surface area contributed by atoms with Gasteiger partial charge in [0, 0.05) is 22.2 Å². The summed E-state index contributed by atoms with van der Waals surface area (Å²) in [5.74, 6) is 1.01. The van der Waals surface area contributed by atoms with Crippen molar-refractivity contribution in [2.75, 3.05) is 17.6 Å². The summed E-state index contributed by atoms with van der Waals surface area (Å²) in [5, 5.41) is 4.88. The van der Waals surface area contributed by atoms with Crippen LogP contribution in [0.5, 0.6) is 0 Å². The minimum absolute atomic E-state index is 0.731. The highest BCUT2D eigenvalue weighted by Crippen LogP contribution is 2.30. The molecule has 2 aromatic carbocycles. The van der Waals surface area contributed by atoms with Crippen LogP contribution in [-0.4, -0.2) is 12.3 Å². The lowest BCUT2D eigenvalue weighted by Gasteiger charge is -2.07. The zero-order valence-electron chi connectivity index (χ0n) is 10.4. The zero-order valence-corrected chi connectivity index (χ0v) is 12.7. The summed E-state index contributed by atoms with van der Waals surface area (Å²) in [4.78, 5) is 1.05. The Hall–Kier alpha value is -0.830. The van der Waals surface area contributed by atoms with Gasteiger partial charge in [0.2, 0.25) is 0 Å². The first-order valence-corrected chi connectivity index (χ1v) is 7.86. The van der Waals surface area contributed by atoms with E-state index in [0.717, 1.165) is 39.3 Å². The van der Waals surface area contributed by atoms with Gasteiger partial charge in [-0.05, 0) is 42.5 Å². The molecule has 0 aliphatic heterocycles. The standard InChI is InChI=1S/C15H15Cl2NS/c16-12-7-8-14(17)15(11-12)19-10-4-9-18-13-5-2-1-3-6-13/h1-3,5-8,11,18H,4,9-10H2. The van der Waals surface area contributed by atoms with E-state index < -0.39 is 0 Å². The lowest BCUT2D eigenvalue weighted by Crippen LogP contribution is -2.02. The van der Waals surface area contributed by atoms with Gasteiger partial charge >= 0.3 is 0 Å². The lowest BCUT2D eigenvalue weighted by atomic mass is 10.3. The fourth-order valence-electron chi connectivity index (χ4n) is 1.63. The van der Waals surface area contributed by atoms with E-state index in [-0.39, 0.29) is 0 Å². The van der Waals surface area contributed by atoms with Crippen molar-refractivity contribution in [3.63, 3.8) is 0 Å². The molecule has 0 aromatic heterocycles. The molecule has 0 heterocycles. The zero-order chi connectivity index (χ0) is 13.5. The quantitative estimate of drug-likeness (QED) is 0.551. The summed E-state index contributed by atoms with van der Waals surface area (Å²) < 4.78 is 0. The SMILES string of the molecule is Clc1ccc(Cl)c(SCCCNc2ccccc2)c1. The fourth-order valence-corrected chi connectivity index (χ4v) is 3.07. The molecule has 2 rings (SSSR count). The molecular formula is C15H15Cl2NS. The number of hydrogen-bond acceptors (Lipinski definition) is 2. The van der Waals surface area contributed by atoms with Crippen LogP contribution in [0.3, 0.4) is 0 Å². The van der Waals surface area contributed by atoms with E-state index in [2.05, 4.69) is 17.4 Å². The fraction of sp³-hybridized carbons (Fsp3) is 0.200. The highest BCUT2D eigenvalue weighted by molar-refractivity contribution is 7.99. The second-order valence-electron chi connectivity index (χ2n) is 4.07. The molecular weight excluding hydrogens is 297 g/mol. The molecule has 0 aliphatic carbocycles. The van der Waals surface area contributed by atoms with E-state index >= 15 is 0 Å². The average molecular weight is 312 g/mol. The van der Waals surface area contributed by atoms with Crippen molar-refractivity contribution in [1.82, 2.24) is 0 Å². The summed E-state index contributed by atoms with van der Waals surface area (Å²) in [6, 6.07) is 15.8. The molecule has 0 fully saturated rings. The van der Waals surface area contributed by atoms with Crippen LogP contribution >= 0.6 is 35.0 Å². The van der Waals surface area contributed by atoms with Gasteiger partial charge in [-0.25, -0.2) is 0 Å². The molecule has 19 heavy (non-hydrogen) atoms. The van der Waals surface area contributed by atoms with Crippen molar-refractivity contribution in [2.45, 2.75) is 11.3 Å². The third kappa shape index (κ3) is 4.98. The van der Waals surface area contributed by atoms with Gasteiger partial charge in [-0.15, -0.1) is 11.8 Å². The Morgan fingerprint density at radius 1 is 1.00 bits per heavy atom. The smallest absolute Gasteiger partial charge is 0.0542 e. The maximum atomic E-state index is 6.11. The second kappa shape index (κ2) is 7.68. The molecule has 0 saturated carbocycles. The van der Waals surface area contributed by atoms with Gasteiger partial charge in [-0.1, -0.05) is 41.4 Å². The maximum Gasteiger partial charge on any atom is 0.0542 e. The first kappa shape index (κ1) is 14.6. The molecule has 0 bridgehead atoms. The number of benzene rings is 2. The Morgan fingerprint density at radius 2 is 1.79 bits per heavy atom. The van der Waals surface area contributed by atoms with Crippen LogP contribution in [0.2, 0.25) is 10.0 Å². The maximum absolute atomic E-state index is 6.11. The Kier molecular flexibility index (Phi) is 5.90. The second-order valence-corrected chi connectivity index (χ2v) is 6.05. The molecule has 0 atom stereocenters. The van der Waals surface area contributed by atoms with Gasteiger partial charge in [0.15, 0.2) is 0 Å². The average Bonchev–Trinajstić information content (AvgIpc) is 2.43. The van der Waals surface area contributed by atoms with E-state index in [1.165, 1.54) is 0 Å². The molecule has 0 saturated heterocycles. The lowest BCUT2D eigenvalue weighted by molar-refractivity contribution is 0.991. The minimum Gasteiger partial charge on any atom is -0.385 e. The number of rotatable bonds is 6. The Bertz CT molecular complexity index is 517. The number of hydrogen-bond donors (Lipinski definition) is 1. The highest BCUT2D eigenvalue weighted by atomic mass is 35.5. The van der Waals surface area contributed by atoms with Crippen LogP contribution in [0.1, 0.15) is 6.42 Å². The van der Waals surface area contributed by atoms with Crippen molar-refractivity contribution in [3.05, 3.63) is 58.6 Å². The molecule has 100 valence electrons. The monoisotopic (exact) mass is 311 g/mol. The number of halogens is 2. The topological polar surface area (TPSA) is 12.0 Å². The molecule has 2 aromatic rings. The van der Waals surface area contributed by atoms with Crippen LogP contribution in [0, 0.1) is 0 Å². The van der Waals surface area contributed by atoms with Crippen LogP contribution in [0.15, 0.2) is 53.4 Å². The highest BCUT2D eigenvalue weighted by Gasteiger charge is 2.01. The Labute approximate surface area is 128 Å². The summed E-state index contributed by atoms with van der Waals surface area (Å²) in [7, 11) is 0. The number of nitrogens with one attached hydrogen (secondary N) is 1. The summed E-state index contributed by atoms with van der Waals surface area (Å²) in [6.45, 7) is 0.954. The first-order chi connectivity index (χ1) is 9.25. The third-order valence-electron chi connectivity index (χ3n) is 2.57. The number of anilines is 1. The van der Waals surface area contributed by atoms with Crippen molar-refractivity contribution < 1.29 is 0 Å². The number of para-hydroxylation sites is 1. The first-order valence-electron chi connectivity index (χ1n) is 6.12. The van der Waals surface area contributed by atoms with Crippen LogP contribution < -0.4 is 5.32 Å². The molecule has 0 aliphatic rings. The third-order valence-corrected chi connectivity index (χ3v) is 4.39. The van der Waals surface area contributed by atoms with Crippen LogP contribution in [-0.2, 0) is 0 Å². The Morgan fingerprint density at radius 3 is 2.58 bits per heavy atom. The van der Waals surface area contributed by atoms with Gasteiger partial charge in [0.25, 0.3) is 0 Å². The number of thioether (sulfide) groups is 1. The molecule has 0 radical (unpaired) electrons. The predicted molar refractivity (Wildman–Crippen MR) is 86.7 cm³/mol. The summed E-state index contributed by atoms with van der Waals surface area (Å²) in [5.41, 5.74) is 1.16. The van der Waals surface area contributed by atoms with Gasteiger partial charge < -0.3 is 5.32 Å².